The van der Waals surface area contributed by atoms with Gasteiger partial charge in [-0.1, -0.05) is 0 Å². The number of sulfonamides is 1. The van der Waals surface area contributed by atoms with Crippen LogP contribution in [0.15, 0.2) is 23.4 Å². The predicted octanol–water partition coefficient (Wildman–Crippen LogP) is -0.565. The Morgan fingerprint density at radius 3 is 2.55 bits per heavy atom. The van der Waals surface area contributed by atoms with Gasteiger partial charge in [-0.2, -0.15) is 0 Å². The minimum absolute atomic E-state index is 0.435. The van der Waals surface area contributed by atoms with Gasteiger partial charge >= 0.3 is 0 Å². The second-order valence-corrected chi connectivity index (χ2v) is 3.35. The molecule has 0 saturated heterocycles. The number of pyridine rings is 1. The van der Waals surface area contributed by atoms with Gasteiger partial charge in [-0.05, 0) is 12.1 Å². The minimum atomic E-state index is -3.89. The molecule has 0 bridgehead atoms. The third-order valence-electron chi connectivity index (χ3n) is 1.02. The van der Waals surface area contributed by atoms with Gasteiger partial charge in [-0.25, -0.2) is 18.5 Å². The maximum Gasteiger partial charge on any atom is 0.259 e. The van der Waals surface area contributed by atoms with Crippen molar-refractivity contribution in [2.45, 2.75) is 5.03 Å². The Kier molecular flexibility index (Phi) is 1.79. The van der Waals surface area contributed by atoms with Crippen LogP contribution in [0.2, 0.25) is 0 Å². The third kappa shape index (κ3) is 1.66. The summed E-state index contributed by atoms with van der Waals surface area (Å²) in [4.78, 5) is 3.39. The van der Waals surface area contributed by atoms with E-state index in [1.54, 1.807) is 0 Å². The zero-order valence-electron chi connectivity index (χ0n) is 5.43. The van der Waals surface area contributed by atoms with Gasteiger partial charge in [0.2, 0.25) is 5.03 Å². The van der Waals surface area contributed by atoms with Crippen LogP contribution < -0.4 is 5.14 Å². The molecule has 60 valence electrons. The first-order valence-electron chi connectivity index (χ1n) is 2.68. The van der Waals surface area contributed by atoms with Crippen molar-refractivity contribution in [3.8, 4) is 5.75 Å². The zero-order chi connectivity index (χ0) is 8.48. The van der Waals surface area contributed by atoms with Gasteiger partial charge in [0.25, 0.3) is 10.0 Å². The molecule has 0 saturated carbocycles. The van der Waals surface area contributed by atoms with Crippen molar-refractivity contribution in [3.63, 3.8) is 0 Å². The van der Waals surface area contributed by atoms with Crippen molar-refractivity contribution in [1.82, 2.24) is 4.98 Å². The molecule has 5 nitrogen and oxygen atoms in total. The van der Waals surface area contributed by atoms with Crippen molar-refractivity contribution in [1.29, 1.82) is 0 Å². The minimum Gasteiger partial charge on any atom is -0.505 e. The zero-order valence-corrected chi connectivity index (χ0v) is 6.25. The predicted molar refractivity (Wildman–Crippen MR) is 37.3 cm³/mol. The average Bonchev–Trinajstić information content (AvgIpc) is 1.86. The smallest absolute Gasteiger partial charge is 0.259 e. The van der Waals surface area contributed by atoms with E-state index < -0.39 is 20.8 Å². The fraction of sp³-hybridized carbons (Fsp3) is 0. The number of hydrogen-bond acceptors (Lipinski definition) is 4. The maximum absolute atomic E-state index is 10.6. The van der Waals surface area contributed by atoms with E-state index in [9.17, 15) is 8.42 Å². The lowest BCUT2D eigenvalue weighted by molar-refractivity contribution is 0.452. The number of aromatic nitrogens is 1. The maximum atomic E-state index is 10.6. The topological polar surface area (TPSA) is 93.3 Å². The highest BCUT2D eigenvalue weighted by molar-refractivity contribution is 7.89. The van der Waals surface area contributed by atoms with Crippen LogP contribution in [-0.2, 0) is 10.0 Å². The molecule has 0 aliphatic carbocycles. The number of rotatable bonds is 1. The number of primary sulfonamides is 1. The average molecular weight is 174 g/mol. The second kappa shape index (κ2) is 2.48. The summed E-state index contributed by atoms with van der Waals surface area (Å²) in [7, 11) is -3.89. The molecule has 0 fully saturated rings. The summed E-state index contributed by atoms with van der Waals surface area (Å²) >= 11 is 0. The van der Waals surface area contributed by atoms with Crippen LogP contribution in [0.4, 0.5) is 0 Å². The van der Waals surface area contributed by atoms with Gasteiger partial charge in [0.15, 0.2) is 5.75 Å². The molecular formula is C5H6N2O3S. The lowest BCUT2D eigenvalue weighted by Gasteiger charge is -1.97. The van der Waals surface area contributed by atoms with Crippen molar-refractivity contribution < 1.29 is 13.5 Å². The van der Waals surface area contributed by atoms with Crippen LogP contribution in [0, 0.1) is 0 Å². The highest BCUT2D eigenvalue weighted by Gasteiger charge is 2.13. The fourth-order valence-electron chi connectivity index (χ4n) is 0.602. The second-order valence-electron chi connectivity index (χ2n) is 1.87. The summed E-state index contributed by atoms with van der Waals surface area (Å²) in [6, 6.07) is 2.61. The van der Waals surface area contributed by atoms with Crippen molar-refractivity contribution in [2.75, 3.05) is 0 Å². The number of nitrogens with two attached hydrogens (primary N) is 1. The molecule has 1 aromatic heterocycles. The van der Waals surface area contributed by atoms with Crippen molar-refractivity contribution >= 4 is 10.0 Å². The molecule has 6 heteroatoms. The largest absolute Gasteiger partial charge is 0.505 e. The van der Waals surface area contributed by atoms with E-state index in [1.165, 1.54) is 18.3 Å². The van der Waals surface area contributed by atoms with Gasteiger partial charge in [-0.15, -0.1) is 0 Å². The monoisotopic (exact) mass is 174 g/mol. The molecule has 0 aliphatic rings. The standard InChI is InChI=1S/C5H6N2O3S/c6-11(9,10)5-4(8)2-1-3-7-5/h1-3,8H,(H2,6,9,10). The van der Waals surface area contributed by atoms with E-state index in [4.69, 9.17) is 10.2 Å². The van der Waals surface area contributed by atoms with Crippen molar-refractivity contribution in [2.24, 2.45) is 5.14 Å². The van der Waals surface area contributed by atoms with E-state index in [1.807, 2.05) is 0 Å². The van der Waals surface area contributed by atoms with E-state index in [-0.39, 0.29) is 0 Å². The summed E-state index contributed by atoms with van der Waals surface area (Å²) in [6.45, 7) is 0. The van der Waals surface area contributed by atoms with Gasteiger partial charge in [0, 0.05) is 6.20 Å². The Morgan fingerprint density at radius 2 is 2.18 bits per heavy atom. The normalized spacial score (nSPS) is 11.4. The molecule has 0 radical (unpaired) electrons. The van der Waals surface area contributed by atoms with Crippen LogP contribution in [0.5, 0.6) is 5.75 Å². The first kappa shape index (κ1) is 7.96. The fourth-order valence-corrected chi connectivity index (χ4v) is 1.17. The molecule has 1 aromatic rings. The summed E-state index contributed by atoms with van der Waals surface area (Å²) in [5.74, 6) is -0.435. The van der Waals surface area contributed by atoms with Crippen LogP contribution in [-0.4, -0.2) is 18.5 Å². The molecular weight excluding hydrogens is 168 g/mol. The van der Waals surface area contributed by atoms with Crippen LogP contribution in [0.25, 0.3) is 0 Å². The molecule has 1 heterocycles. The number of nitrogens with zero attached hydrogens (tertiary/aromatic N) is 1. The molecule has 0 amide bonds. The van der Waals surface area contributed by atoms with Crippen LogP contribution >= 0.6 is 0 Å². The Labute approximate surface area is 63.5 Å². The molecule has 11 heavy (non-hydrogen) atoms. The molecule has 0 aliphatic heterocycles. The van der Waals surface area contributed by atoms with Gasteiger partial charge in [-0.3, -0.25) is 0 Å². The third-order valence-corrected chi connectivity index (χ3v) is 1.87. The lowest BCUT2D eigenvalue weighted by Crippen LogP contribution is -2.13. The Balaban J connectivity index is 3.37. The van der Waals surface area contributed by atoms with Gasteiger partial charge in [0.1, 0.15) is 0 Å². The Bertz CT molecular complexity index is 360. The summed E-state index contributed by atoms with van der Waals surface area (Å²) in [5, 5.41) is 13.1. The first-order valence-corrected chi connectivity index (χ1v) is 4.23. The van der Waals surface area contributed by atoms with Gasteiger partial charge < -0.3 is 5.11 Å². The Morgan fingerprint density at radius 1 is 1.55 bits per heavy atom. The van der Waals surface area contributed by atoms with Crippen LogP contribution in [0.1, 0.15) is 0 Å². The SMILES string of the molecule is NS(=O)(=O)c1ncccc1O. The highest BCUT2D eigenvalue weighted by Crippen LogP contribution is 2.15. The number of aromatic hydroxyl groups is 1. The van der Waals surface area contributed by atoms with E-state index in [0.29, 0.717) is 0 Å². The molecule has 0 spiro atoms. The highest BCUT2D eigenvalue weighted by atomic mass is 32.2. The molecule has 3 N–H and O–H groups in total. The molecule has 0 unspecified atom stereocenters. The van der Waals surface area contributed by atoms with Crippen molar-refractivity contribution in [3.05, 3.63) is 18.3 Å². The summed E-state index contributed by atoms with van der Waals surface area (Å²) < 4.78 is 21.2. The number of hydrogen-bond donors (Lipinski definition) is 2. The van der Waals surface area contributed by atoms with Gasteiger partial charge in [0.05, 0.1) is 0 Å². The quantitative estimate of drug-likeness (QED) is 0.596. The molecule has 0 atom stereocenters. The summed E-state index contributed by atoms with van der Waals surface area (Å²) in [5.41, 5.74) is 0. The molecule has 0 aromatic carbocycles. The van der Waals surface area contributed by atoms with E-state index in [2.05, 4.69) is 4.98 Å². The Hall–Kier alpha value is -1.14. The first-order chi connectivity index (χ1) is 5.02. The van der Waals surface area contributed by atoms with Crippen LogP contribution in [0.3, 0.4) is 0 Å². The van der Waals surface area contributed by atoms with E-state index in [0.717, 1.165) is 0 Å². The molecule has 1 rings (SSSR count). The summed E-state index contributed by atoms with van der Waals surface area (Å²) in [6.07, 6.45) is 1.24. The van der Waals surface area contributed by atoms with E-state index >= 15 is 0 Å². The lowest BCUT2D eigenvalue weighted by atomic mass is 10.5.